The van der Waals surface area contributed by atoms with Crippen molar-refractivity contribution in [2.45, 2.75) is 13.0 Å². The van der Waals surface area contributed by atoms with Gasteiger partial charge in [0.25, 0.3) is 0 Å². The quantitative estimate of drug-likeness (QED) is 0.470. The number of benzene rings is 1. The number of hydrogen-bond acceptors (Lipinski definition) is 5. The Balaban J connectivity index is 3.05. The highest BCUT2D eigenvalue weighted by Gasteiger charge is 2.23. The number of carbonyl (C=O) groups excluding carboxylic acids is 1. The fraction of sp³-hybridized carbons (Fsp3) is 0.300. The molecule has 0 radical (unpaired) electrons. The Morgan fingerprint density at radius 1 is 1.53 bits per heavy atom. The molecule has 0 amide bonds. The van der Waals surface area contributed by atoms with Crippen LogP contribution >= 0.6 is 11.6 Å². The van der Waals surface area contributed by atoms with Crippen molar-refractivity contribution in [2.75, 3.05) is 7.11 Å². The van der Waals surface area contributed by atoms with Gasteiger partial charge in [0, 0.05) is 6.07 Å². The molecule has 0 bridgehead atoms. The van der Waals surface area contributed by atoms with Crippen LogP contribution in [0.5, 0.6) is 5.75 Å². The van der Waals surface area contributed by atoms with Crippen molar-refractivity contribution in [3.63, 3.8) is 0 Å². The van der Waals surface area contributed by atoms with Crippen LogP contribution in [0.4, 0.5) is 5.69 Å². The van der Waals surface area contributed by atoms with Crippen LogP contribution in [0.15, 0.2) is 18.2 Å². The number of hydrogen-bond donors (Lipinski definition) is 0. The van der Waals surface area contributed by atoms with E-state index < -0.39 is 17.0 Å². The van der Waals surface area contributed by atoms with Gasteiger partial charge < -0.3 is 9.47 Å². The summed E-state index contributed by atoms with van der Waals surface area (Å²) >= 11 is 5.78. The minimum atomic E-state index is -0.974. The molecule has 1 aromatic carbocycles. The monoisotopic (exact) mass is 259 g/mol. The second-order valence-corrected chi connectivity index (χ2v) is 3.54. The van der Waals surface area contributed by atoms with E-state index in [0.717, 1.165) is 0 Å². The summed E-state index contributed by atoms with van der Waals surface area (Å²) < 4.78 is 9.59. The fourth-order valence-corrected chi connectivity index (χ4v) is 1.36. The average Bonchev–Trinajstić information content (AvgIpc) is 2.30. The molecule has 0 heterocycles. The molecule has 1 aromatic rings. The van der Waals surface area contributed by atoms with E-state index in [-0.39, 0.29) is 16.5 Å². The number of methoxy groups -OCH3 is 1. The normalized spacial score (nSPS) is 11.7. The Labute approximate surface area is 102 Å². The second-order valence-electron chi connectivity index (χ2n) is 3.13. The maximum absolute atomic E-state index is 11.1. The van der Waals surface area contributed by atoms with Gasteiger partial charge in [-0.2, -0.15) is 0 Å². The van der Waals surface area contributed by atoms with E-state index in [4.69, 9.17) is 16.3 Å². The zero-order chi connectivity index (χ0) is 13.0. The van der Waals surface area contributed by atoms with Crippen LogP contribution in [0.3, 0.4) is 0 Å². The number of ether oxygens (including phenoxy) is 2. The fourth-order valence-electron chi connectivity index (χ4n) is 1.15. The molecular weight excluding hydrogens is 250 g/mol. The standard InChI is InChI=1S/C10H10ClNO5/c1-6(10(13)16-2)17-9-7(11)4-3-5-8(9)12(14)15/h3-6H,1-2H3. The van der Waals surface area contributed by atoms with Gasteiger partial charge in [-0.1, -0.05) is 17.7 Å². The van der Waals surface area contributed by atoms with Crippen molar-refractivity contribution in [3.8, 4) is 5.75 Å². The molecule has 1 atom stereocenters. The first-order valence-corrected chi connectivity index (χ1v) is 5.02. The first-order valence-electron chi connectivity index (χ1n) is 4.64. The minimum Gasteiger partial charge on any atom is -0.471 e. The van der Waals surface area contributed by atoms with E-state index in [0.29, 0.717) is 0 Å². The maximum atomic E-state index is 11.1. The Hall–Kier alpha value is -1.82. The zero-order valence-electron chi connectivity index (χ0n) is 9.18. The Morgan fingerprint density at radius 3 is 2.71 bits per heavy atom. The van der Waals surface area contributed by atoms with Crippen LogP contribution in [-0.2, 0) is 9.53 Å². The van der Waals surface area contributed by atoms with Gasteiger partial charge in [-0.25, -0.2) is 4.79 Å². The number of carbonyl (C=O) groups is 1. The van der Waals surface area contributed by atoms with Crippen LogP contribution in [0.1, 0.15) is 6.92 Å². The zero-order valence-corrected chi connectivity index (χ0v) is 9.93. The first-order chi connectivity index (χ1) is 7.97. The predicted octanol–water partition coefficient (Wildman–Crippen LogP) is 2.19. The summed E-state index contributed by atoms with van der Waals surface area (Å²) in [7, 11) is 1.20. The molecule has 0 aromatic heterocycles. The molecule has 0 aliphatic rings. The van der Waals surface area contributed by atoms with Crippen molar-refractivity contribution < 1.29 is 19.2 Å². The average molecular weight is 260 g/mol. The third kappa shape index (κ3) is 3.07. The van der Waals surface area contributed by atoms with Gasteiger partial charge in [-0.15, -0.1) is 0 Å². The molecule has 0 saturated carbocycles. The summed E-state index contributed by atoms with van der Waals surface area (Å²) in [5.74, 6) is -0.781. The molecule has 0 spiro atoms. The Kier molecular flexibility index (Phi) is 4.28. The molecule has 0 aliphatic heterocycles. The van der Waals surface area contributed by atoms with E-state index in [2.05, 4.69) is 4.74 Å². The Bertz CT molecular complexity index is 448. The van der Waals surface area contributed by atoms with Crippen LogP contribution in [0.2, 0.25) is 5.02 Å². The van der Waals surface area contributed by atoms with E-state index in [1.807, 2.05) is 0 Å². The summed E-state index contributed by atoms with van der Waals surface area (Å²) in [6.07, 6.45) is -0.974. The third-order valence-corrected chi connectivity index (χ3v) is 2.27. The second kappa shape index (κ2) is 5.49. The molecule has 6 nitrogen and oxygen atoms in total. The highest BCUT2D eigenvalue weighted by Crippen LogP contribution is 2.35. The number of esters is 1. The molecule has 7 heteroatoms. The first kappa shape index (κ1) is 13.2. The summed E-state index contributed by atoms with van der Waals surface area (Å²) in [5.41, 5.74) is -0.298. The highest BCUT2D eigenvalue weighted by molar-refractivity contribution is 6.32. The molecule has 1 unspecified atom stereocenters. The van der Waals surface area contributed by atoms with E-state index in [1.54, 1.807) is 0 Å². The van der Waals surface area contributed by atoms with Crippen molar-refractivity contribution in [1.82, 2.24) is 0 Å². The SMILES string of the molecule is COC(=O)C(C)Oc1c(Cl)cccc1[N+](=O)[O-]. The molecule has 0 N–H and O–H groups in total. The molecule has 0 aliphatic carbocycles. The Morgan fingerprint density at radius 2 is 2.18 bits per heavy atom. The molecule has 92 valence electrons. The van der Waals surface area contributed by atoms with Crippen LogP contribution in [0, 0.1) is 10.1 Å². The van der Waals surface area contributed by atoms with Crippen molar-refractivity contribution in [2.24, 2.45) is 0 Å². The number of rotatable bonds is 4. The lowest BCUT2D eigenvalue weighted by atomic mass is 10.3. The number of halogens is 1. The molecule has 0 fully saturated rings. The van der Waals surface area contributed by atoms with E-state index >= 15 is 0 Å². The lowest BCUT2D eigenvalue weighted by molar-refractivity contribution is -0.386. The highest BCUT2D eigenvalue weighted by atomic mass is 35.5. The smallest absolute Gasteiger partial charge is 0.346 e. The molecule has 17 heavy (non-hydrogen) atoms. The van der Waals surface area contributed by atoms with Gasteiger partial charge in [0.1, 0.15) is 0 Å². The van der Waals surface area contributed by atoms with Crippen LogP contribution in [-0.4, -0.2) is 24.1 Å². The molecule has 0 saturated heterocycles. The minimum absolute atomic E-state index is 0.0648. The summed E-state index contributed by atoms with van der Waals surface area (Å²) in [5, 5.41) is 10.8. The lowest BCUT2D eigenvalue weighted by Gasteiger charge is -2.13. The number of para-hydroxylation sites is 1. The van der Waals surface area contributed by atoms with Gasteiger partial charge in [-0.3, -0.25) is 10.1 Å². The predicted molar refractivity (Wildman–Crippen MR) is 60.2 cm³/mol. The molecule has 1 rings (SSSR count). The van der Waals surface area contributed by atoms with Gasteiger partial charge in [0.2, 0.25) is 5.75 Å². The van der Waals surface area contributed by atoms with Gasteiger partial charge in [0.05, 0.1) is 17.1 Å². The maximum Gasteiger partial charge on any atom is 0.346 e. The van der Waals surface area contributed by atoms with Crippen molar-refractivity contribution in [1.29, 1.82) is 0 Å². The van der Waals surface area contributed by atoms with Gasteiger partial charge in [-0.05, 0) is 13.0 Å². The molecular formula is C10H10ClNO5. The largest absolute Gasteiger partial charge is 0.471 e. The van der Waals surface area contributed by atoms with E-state index in [1.165, 1.54) is 32.2 Å². The topological polar surface area (TPSA) is 78.7 Å². The lowest BCUT2D eigenvalue weighted by Crippen LogP contribution is -2.25. The third-order valence-electron chi connectivity index (χ3n) is 1.97. The van der Waals surface area contributed by atoms with Crippen molar-refractivity contribution in [3.05, 3.63) is 33.3 Å². The van der Waals surface area contributed by atoms with Crippen LogP contribution in [0.25, 0.3) is 0 Å². The number of nitro benzene ring substituents is 1. The van der Waals surface area contributed by atoms with Crippen LogP contribution < -0.4 is 4.74 Å². The van der Waals surface area contributed by atoms with Crippen molar-refractivity contribution >= 4 is 23.3 Å². The van der Waals surface area contributed by atoms with Gasteiger partial charge >= 0.3 is 11.7 Å². The van der Waals surface area contributed by atoms with E-state index in [9.17, 15) is 14.9 Å². The summed E-state index contributed by atoms with van der Waals surface area (Å²) in [6, 6.07) is 4.11. The number of nitro groups is 1. The summed E-state index contributed by atoms with van der Waals surface area (Å²) in [6.45, 7) is 1.42. The number of nitrogens with zero attached hydrogens (tertiary/aromatic N) is 1. The summed E-state index contributed by atoms with van der Waals surface area (Å²) in [4.78, 5) is 21.3. The van der Waals surface area contributed by atoms with Gasteiger partial charge in [0.15, 0.2) is 6.10 Å².